The lowest BCUT2D eigenvalue weighted by molar-refractivity contribution is -0.138. The Morgan fingerprint density at radius 1 is 1.12 bits per heavy atom. The summed E-state index contributed by atoms with van der Waals surface area (Å²) in [5, 5.41) is 2.98. The average molecular weight is 459 g/mol. The van der Waals surface area contributed by atoms with Crippen molar-refractivity contribution in [3.63, 3.8) is 0 Å². The number of carbonyl (C=O) groups is 2. The number of anilines is 1. The van der Waals surface area contributed by atoms with E-state index in [4.69, 9.17) is 4.74 Å². The standard InChI is InChI=1S/C27H34BN3O3/c1-26(2,3)34-25(33)31-16-22(29-24(31)30-28)21-7-5-4-6-20(21)8-9-23(32)27-13-17-10-18(14-27)12-19(11-17)15-27/h4-9,16-19H,10-15,28H2,1-3H3,(H,29,30)/b9-8+. The zero-order valence-electron chi connectivity index (χ0n) is 20.6. The lowest BCUT2D eigenvalue weighted by Gasteiger charge is -2.55. The average Bonchev–Trinajstić information content (AvgIpc) is 3.20. The molecule has 0 radical (unpaired) electrons. The summed E-state index contributed by atoms with van der Waals surface area (Å²) < 4.78 is 6.92. The molecule has 6 nitrogen and oxygen atoms in total. The summed E-state index contributed by atoms with van der Waals surface area (Å²) in [6, 6.07) is 7.86. The summed E-state index contributed by atoms with van der Waals surface area (Å²) in [5.41, 5.74) is 1.69. The highest BCUT2D eigenvalue weighted by molar-refractivity contribution is 6.15. The van der Waals surface area contributed by atoms with Crippen LogP contribution in [-0.2, 0) is 9.53 Å². The smallest absolute Gasteiger partial charge is 0.421 e. The van der Waals surface area contributed by atoms with Crippen LogP contribution in [0, 0.1) is 23.2 Å². The molecule has 0 atom stereocenters. The monoisotopic (exact) mass is 459 g/mol. The van der Waals surface area contributed by atoms with Crippen molar-refractivity contribution < 1.29 is 14.3 Å². The van der Waals surface area contributed by atoms with Crippen molar-refractivity contribution in [3.8, 4) is 11.3 Å². The number of ether oxygens (including phenoxy) is 1. The van der Waals surface area contributed by atoms with Crippen LogP contribution in [0.1, 0.15) is 64.9 Å². The van der Waals surface area contributed by atoms with Gasteiger partial charge >= 0.3 is 6.09 Å². The van der Waals surface area contributed by atoms with Crippen LogP contribution in [0.2, 0.25) is 0 Å². The van der Waals surface area contributed by atoms with Gasteiger partial charge in [0, 0.05) is 17.2 Å². The first-order valence-electron chi connectivity index (χ1n) is 12.5. The number of hydrogen-bond acceptors (Lipinski definition) is 5. The first-order valence-corrected chi connectivity index (χ1v) is 12.5. The van der Waals surface area contributed by atoms with Gasteiger partial charge in [-0.2, -0.15) is 0 Å². The van der Waals surface area contributed by atoms with Crippen LogP contribution in [0.4, 0.5) is 10.7 Å². The number of aromatic nitrogens is 2. The quantitative estimate of drug-likeness (QED) is 0.498. The highest BCUT2D eigenvalue weighted by Crippen LogP contribution is 2.60. The summed E-state index contributed by atoms with van der Waals surface area (Å²) in [6.07, 6.45) is 12.1. The Bertz CT molecular complexity index is 1110. The van der Waals surface area contributed by atoms with Gasteiger partial charge in [-0.15, -0.1) is 0 Å². The number of carbonyl (C=O) groups excluding carboxylic acids is 2. The van der Waals surface area contributed by atoms with E-state index < -0.39 is 11.7 Å². The zero-order valence-corrected chi connectivity index (χ0v) is 20.6. The van der Waals surface area contributed by atoms with Gasteiger partial charge in [0.2, 0.25) is 7.98 Å². The first-order chi connectivity index (χ1) is 16.2. The van der Waals surface area contributed by atoms with E-state index in [2.05, 4.69) is 10.2 Å². The summed E-state index contributed by atoms with van der Waals surface area (Å²) in [6.45, 7) is 5.51. The topological polar surface area (TPSA) is 73.2 Å². The van der Waals surface area contributed by atoms with Crippen molar-refractivity contribution >= 4 is 31.9 Å². The number of allylic oxidation sites excluding steroid dienone is 1. The highest BCUT2D eigenvalue weighted by atomic mass is 16.6. The Morgan fingerprint density at radius 2 is 1.74 bits per heavy atom. The van der Waals surface area contributed by atoms with Gasteiger partial charge in [0.15, 0.2) is 11.7 Å². The van der Waals surface area contributed by atoms with E-state index in [9.17, 15) is 9.59 Å². The summed E-state index contributed by atoms with van der Waals surface area (Å²) in [4.78, 5) is 30.8. The molecular formula is C27H34BN3O3. The molecule has 1 N–H and O–H groups in total. The number of nitrogens with zero attached hydrogens (tertiary/aromatic N) is 2. The van der Waals surface area contributed by atoms with Gasteiger partial charge in [0.1, 0.15) is 5.60 Å². The van der Waals surface area contributed by atoms with Gasteiger partial charge < -0.3 is 9.96 Å². The van der Waals surface area contributed by atoms with Crippen molar-refractivity contribution in [3.05, 3.63) is 42.1 Å². The molecule has 0 spiro atoms. The third kappa shape index (κ3) is 4.33. The zero-order chi connectivity index (χ0) is 24.1. The molecule has 1 aromatic carbocycles. The maximum absolute atomic E-state index is 13.5. The van der Waals surface area contributed by atoms with Crippen LogP contribution >= 0.6 is 0 Å². The fraction of sp³-hybridized carbons (Fsp3) is 0.519. The van der Waals surface area contributed by atoms with E-state index >= 15 is 0 Å². The Kier molecular flexibility index (Phi) is 5.69. The van der Waals surface area contributed by atoms with Crippen LogP contribution in [-0.4, -0.2) is 35.0 Å². The second kappa shape index (κ2) is 8.44. The molecule has 1 heterocycles. The second-order valence-electron chi connectivity index (χ2n) is 11.5. The molecule has 178 valence electrons. The lowest BCUT2D eigenvalue weighted by atomic mass is 9.48. The fourth-order valence-corrected chi connectivity index (χ4v) is 6.77. The van der Waals surface area contributed by atoms with E-state index in [1.54, 1.807) is 20.3 Å². The van der Waals surface area contributed by atoms with Crippen molar-refractivity contribution in [2.24, 2.45) is 23.2 Å². The molecule has 7 heteroatoms. The largest absolute Gasteiger partial charge is 0.443 e. The third-order valence-corrected chi connectivity index (χ3v) is 7.73. The summed E-state index contributed by atoms with van der Waals surface area (Å²) in [5.74, 6) is 2.93. The SMILES string of the molecule is BNc1nc(-c2ccccc2/C=C/C(=O)C23CC4CC(CC(C4)C2)C3)cn1C(=O)OC(C)(C)C. The predicted octanol–water partition coefficient (Wildman–Crippen LogP) is 5.09. The lowest BCUT2D eigenvalue weighted by Crippen LogP contribution is -2.49. The number of rotatable bonds is 5. The van der Waals surface area contributed by atoms with Crippen LogP contribution in [0.15, 0.2) is 36.5 Å². The molecule has 4 bridgehead atoms. The van der Waals surface area contributed by atoms with Crippen molar-refractivity contribution in [1.29, 1.82) is 0 Å². The molecular weight excluding hydrogens is 425 g/mol. The molecule has 4 aliphatic carbocycles. The van der Waals surface area contributed by atoms with E-state index in [0.29, 0.717) is 11.6 Å². The van der Waals surface area contributed by atoms with Crippen LogP contribution in [0.5, 0.6) is 0 Å². The van der Waals surface area contributed by atoms with Gasteiger partial charge in [-0.1, -0.05) is 30.3 Å². The van der Waals surface area contributed by atoms with Gasteiger partial charge in [0.05, 0.1) is 5.69 Å². The molecule has 0 saturated heterocycles. The molecule has 6 rings (SSSR count). The normalized spacial score (nSPS) is 27.8. The summed E-state index contributed by atoms with van der Waals surface area (Å²) in [7, 11) is 1.73. The molecule has 2 aromatic rings. The third-order valence-electron chi connectivity index (χ3n) is 7.73. The minimum absolute atomic E-state index is 0.141. The maximum atomic E-state index is 13.5. The Morgan fingerprint density at radius 3 is 2.32 bits per heavy atom. The van der Waals surface area contributed by atoms with Crippen LogP contribution in [0.3, 0.4) is 0 Å². The van der Waals surface area contributed by atoms with E-state index in [1.165, 1.54) is 23.8 Å². The second-order valence-corrected chi connectivity index (χ2v) is 11.5. The minimum Gasteiger partial charge on any atom is -0.443 e. The molecule has 0 amide bonds. The maximum Gasteiger partial charge on any atom is 0.421 e. The first kappa shape index (κ1) is 22.9. The molecule has 1 aromatic heterocycles. The highest BCUT2D eigenvalue weighted by Gasteiger charge is 2.53. The van der Waals surface area contributed by atoms with Crippen LogP contribution in [0.25, 0.3) is 17.3 Å². The molecule has 4 fully saturated rings. The van der Waals surface area contributed by atoms with Crippen LogP contribution < -0.4 is 5.23 Å². The van der Waals surface area contributed by atoms with Crippen molar-refractivity contribution in [2.45, 2.75) is 64.9 Å². The van der Waals surface area contributed by atoms with E-state index in [1.807, 2.05) is 51.1 Å². The minimum atomic E-state index is -0.606. The molecule has 34 heavy (non-hydrogen) atoms. The Balaban J connectivity index is 1.41. The number of benzene rings is 1. The number of hydrogen-bond donors (Lipinski definition) is 1. The molecule has 0 unspecified atom stereocenters. The van der Waals surface area contributed by atoms with Gasteiger partial charge in [-0.3, -0.25) is 4.79 Å². The molecule has 4 saturated carbocycles. The number of nitrogens with one attached hydrogen (secondary N) is 1. The number of imidazole rings is 1. The summed E-state index contributed by atoms with van der Waals surface area (Å²) >= 11 is 0. The Labute approximate surface area is 202 Å². The Hall–Kier alpha value is -2.83. The van der Waals surface area contributed by atoms with Crippen molar-refractivity contribution in [2.75, 3.05) is 5.23 Å². The number of ketones is 1. The fourth-order valence-electron chi connectivity index (χ4n) is 6.77. The van der Waals surface area contributed by atoms with Crippen molar-refractivity contribution in [1.82, 2.24) is 9.55 Å². The molecule has 0 aliphatic heterocycles. The predicted molar refractivity (Wildman–Crippen MR) is 136 cm³/mol. The van der Waals surface area contributed by atoms with E-state index in [-0.39, 0.29) is 11.2 Å². The van der Waals surface area contributed by atoms with Gasteiger partial charge in [-0.05, 0) is 88.7 Å². The van der Waals surface area contributed by atoms with Gasteiger partial charge in [-0.25, -0.2) is 14.3 Å². The molecule has 4 aliphatic rings. The van der Waals surface area contributed by atoms with Gasteiger partial charge in [0.25, 0.3) is 0 Å². The van der Waals surface area contributed by atoms with E-state index in [0.717, 1.165) is 48.1 Å².